The van der Waals surface area contributed by atoms with Crippen LogP contribution < -0.4 is 5.32 Å². The van der Waals surface area contributed by atoms with Gasteiger partial charge in [0.2, 0.25) is 5.91 Å². The summed E-state index contributed by atoms with van der Waals surface area (Å²) in [6, 6.07) is -0.874. The molecule has 19 heavy (non-hydrogen) atoms. The minimum absolute atomic E-state index is 0.0834. The van der Waals surface area contributed by atoms with Gasteiger partial charge in [-0.3, -0.25) is 9.59 Å². The van der Waals surface area contributed by atoms with Crippen LogP contribution in [0.1, 0.15) is 26.2 Å². The number of carboxylic acids is 1. The van der Waals surface area contributed by atoms with Gasteiger partial charge in [0.15, 0.2) is 0 Å². The van der Waals surface area contributed by atoms with Crippen LogP contribution in [-0.2, 0) is 9.59 Å². The van der Waals surface area contributed by atoms with Crippen LogP contribution in [0.3, 0.4) is 0 Å². The van der Waals surface area contributed by atoms with E-state index in [1.165, 1.54) is 9.80 Å². The van der Waals surface area contributed by atoms with Gasteiger partial charge < -0.3 is 20.2 Å². The molecule has 3 amide bonds. The van der Waals surface area contributed by atoms with Crippen molar-refractivity contribution < 1.29 is 19.5 Å². The summed E-state index contributed by atoms with van der Waals surface area (Å²) in [5.74, 6) is -1.13. The average molecular weight is 271 g/mol. The SMILES string of the molecule is CC(NC(=O)N(CCC(=O)O)C1CC1)C(=O)N(C)C. The number of hydrogen-bond donors (Lipinski definition) is 2. The first-order chi connectivity index (χ1) is 8.82. The van der Waals surface area contributed by atoms with Crippen molar-refractivity contribution in [2.45, 2.75) is 38.3 Å². The summed E-state index contributed by atoms with van der Waals surface area (Å²) in [4.78, 5) is 37.2. The van der Waals surface area contributed by atoms with Gasteiger partial charge in [-0.1, -0.05) is 0 Å². The highest BCUT2D eigenvalue weighted by Gasteiger charge is 2.33. The van der Waals surface area contributed by atoms with Crippen LogP contribution >= 0.6 is 0 Å². The Morgan fingerprint density at radius 3 is 2.32 bits per heavy atom. The van der Waals surface area contributed by atoms with Crippen molar-refractivity contribution in [2.75, 3.05) is 20.6 Å². The molecule has 0 spiro atoms. The molecule has 0 heterocycles. The Bertz CT molecular complexity index is 366. The van der Waals surface area contributed by atoms with Gasteiger partial charge >= 0.3 is 12.0 Å². The molecule has 1 saturated carbocycles. The molecule has 0 bridgehead atoms. The van der Waals surface area contributed by atoms with E-state index in [1.807, 2.05) is 0 Å². The van der Waals surface area contributed by atoms with Gasteiger partial charge in [0.05, 0.1) is 6.42 Å². The molecule has 0 radical (unpaired) electrons. The summed E-state index contributed by atoms with van der Waals surface area (Å²) in [5.41, 5.74) is 0. The van der Waals surface area contributed by atoms with E-state index in [0.717, 1.165) is 12.8 Å². The molecule has 0 aromatic carbocycles. The molecule has 0 aromatic heterocycles. The van der Waals surface area contributed by atoms with Crippen molar-refractivity contribution >= 4 is 17.9 Å². The molecule has 0 saturated heterocycles. The van der Waals surface area contributed by atoms with E-state index in [0.29, 0.717) is 0 Å². The van der Waals surface area contributed by atoms with Crippen LogP contribution in [0, 0.1) is 0 Å². The molecule has 0 aliphatic heterocycles. The number of carboxylic acid groups (broad SMARTS) is 1. The first-order valence-corrected chi connectivity index (χ1v) is 6.33. The van der Waals surface area contributed by atoms with E-state index in [9.17, 15) is 14.4 Å². The molecule has 108 valence electrons. The number of urea groups is 1. The molecule has 0 aromatic rings. The largest absolute Gasteiger partial charge is 0.481 e. The van der Waals surface area contributed by atoms with Gasteiger partial charge in [-0.15, -0.1) is 0 Å². The van der Waals surface area contributed by atoms with Crippen LogP contribution in [0.15, 0.2) is 0 Å². The Labute approximate surface area is 112 Å². The molecule has 7 heteroatoms. The van der Waals surface area contributed by atoms with Gasteiger partial charge in [-0.05, 0) is 19.8 Å². The van der Waals surface area contributed by atoms with E-state index in [4.69, 9.17) is 5.11 Å². The standard InChI is InChI=1S/C12H21N3O4/c1-8(11(18)14(2)3)13-12(19)15(9-4-5-9)7-6-10(16)17/h8-9H,4-7H2,1-3H3,(H,13,19)(H,16,17). The summed E-state index contributed by atoms with van der Waals surface area (Å²) >= 11 is 0. The fraction of sp³-hybridized carbons (Fsp3) is 0.750. The smallest absolute Gasteiger partial charge is 0.318 e. The Morgan fingerprint density at radius 1 is 1.32 bits per heavy atom. The summed E-state index contributed by atoms with van der Waals surface area (Å²) in [6.07, 6.45) is 1.70. The summed E-state index contributed by atoms with van der Waals surface area (Å²) in [5, 5.41) is 11.3. The number of rotatable bonds is 6. The van der Waals surface area contributed by atoms with Crippen LogP contribution in [0.4, 0.5) is 4.79 Å². The Morgan fingerprint density at radius 2 is 1.89 bits per heavy atom. The molecule has 1 fully saturated rings. The van der Waals surface area contributed by atoms with Gasteiger partial charge in [0.25, 0.3) is 0 Å². The van der Waals surface area contributed by atoms with Crippen molar-refractivity contribution in [3.05, 3.63) is 0 Å². The molecule has 1 atom stereocenters. The monoisotopic (exact) mass is 271 g/mol. The van der Waals surface area contributed by atoms with E-state index in [1.54, 1.807) is 21.0 Å². The van der Waals surface area contributed by atoms with Gasteiger partial charge in [-0.25, -0.2) is 4.79 Å². The Kier molecular flexibility index (Phi) is 5.14. The van der Waals surface area contributed by atoms with Crippen molar-refractivity contribution in [2.24, 2.45) is 0 Å². The van der Waals surface area contributed by atoms with Crippen LogP contribution in [0.25, 0.3) is 0 Å². The van der Waals surface area contributed by atoms with E-state index < -0.39 is 12.0 Å². The Hall–Kier alpha value is -1.79. The van der Waals surface area contributed by atoms with Crippen LogP contribution in [-0.4, -0.2) is 65.5 Å². The zero-order valence-electron chi connectivity index (χ0n) is 11.5. The third kappa shape index (κ3) is 4.76. The highest BCUT2D eigenvalue weighted by molar-refractivity contribution is 5.86. The quantitative estimate of drug-likeness (QED) is 0.717. The summed E-state index contributed by atoms with van der Waals surface area (Å²) in [7, 11) is 3.24. The first-order valence-electron chi connectivity index (χ1n) is 6.33. The maximum Gasteiger partial charge on any atom is 0.318 e. The topological polar surface area (TPSA) is 90.0 Å². The molecule has 1 rings (SSSR count). The lowest BCUT2D eigenvalue weighted by molar-refractivity contribution is -0.137. The van der Waals surface area contributed by atoms with Crippen molar-refractivity contribution in [3.8, 4) is 0 Å². The number of hydrogen-bond acceptors (Lipinski definition) is 3. The molecule has 7 nitrogen and oxygen atoms in total. The number of amides is 3. The van der Waals surface area contributed by atoms with Crippen molar-refractivity contribution in [3.63, 3.8) is 0 Å². The summed E-state index contributed by atoms with van der Waals surface area (Å²) < 4.78 is 0. The number of nitrogens with zero attached hydrogens (tertiary/aromatic N) is 2. The Balaban J connectivity index is 2.52. The lowest BCUT2D eigenvalue weighted by atomic mass is 10.3. The van der Waals surface area contributed by atoms with Gasteiger partial charge in [-0.2, -0.15) is 0 Å². The van der Waals surface area contributed by atoms with Crippen molar-refractivity contribution in [1.29, 1.82) is 0 Å². The second-order valence-electron chi connectivity index (χ2n) is 4.97. The van der Waals surface area contributed by atoms with Crippen LogP contribution in [0.2, 0.25) is 0 Å². The number of carbonyl (C=O) groups excluding carboxylic acids is 2. The third-order valence-electron chi connectivity index (χ3n) is 2.97. The van der Waals surface area contributed by atoms with Crippen molar-refractivity contribution in [1.82, 2.24) is 15.1 Å². The highest BCUT2D eigenvalue weighted by atomic mass is 16.4. The fourth-order valence-corrected chi connectivity index (χ4v) is 1.77. The van der Waals surface area contributed by atoms with E-state index in [2.05, 4.69) is 5.32 Å². The first kappa shape index (κ1) is 15.3. The third-order valence-corrected chi connectivity index (χ3v) is 2.97. The van der Waals surface area contributed by atoms with Crippen LogP contribution in [0.5, 0.6) is 0 Å². The zero-order chi connectivity index (χ0) is 14.6. The summed E-state index contributed by atoms with van der Waals surface area (Å²) in [6.45, 7) is 1.79. The predicted octanol–water partition coefficient (Wildman–Crippen LogP) is 0.112. The maximum absolute atomic E-state index is 12.0. The predicted molar refractivity (Wildman–Crippen MR) is 68.7 cm³/mol. The highest BCUT2D eigenvalue weighted by Crippen LogP contribution is 2.27. The van der Waals surface area contributed by atoms with E-state index >= 15 is 0 Å². The molecular weight excluding hydrogens is 250 g/mol. The number of carbonyl (C=O) groups is 3. The average Bonchev–Trinajstić information content (AvgIpc) is 3.11. The molecular formula is C12H21N3O4. The zero-order valence-corrected chi connectivity index (χ0v) is 11.5. The maximum atomic E-state index is 12.0. The number of nitrogens with one attached hydrogen (secondary N) is 1. The number of aliphatic carboxylic acids is 1. The van der Waals surface area contributed by atoms with Gasteiger partial charge in [0.1, 0.15) is 6.04 Å². The minimum Gasteiger partial charge on any atom is -0.481 e. The fourth-order valence-electron chi connectivity index (χ4n) is 1.77. The normalized spacial score (nSPS) is 15.5. The van der Waals surface area contributed by atoms with E-state index in [-0.39, 0.29) is 30.9 Å². The lowest BCUT2D eigenvalue weighted by Crippen LogP contribution is -2.50. The molecule has 1 aliphatic carbocycles. The minimum atomic E-state index is -0.934. The second kappa shape index (κ2) is 6.40. The van der Waals surface area contributed by atoms with Gasteiger partial charge in [0, 0.05) is 26.7 Å². The molecule has 1 aliphatic rings. The molecule has 1 unspecified atom stereocenters. The lowest BCUT2D eigenvalue weighted by Gasteiger charge is -2.25. The molecule has 2 N–H and O–H groups in total. The number of likely N-dealkylation sites (N-methyl/N-ethyl adjacent to an activating group) is 1. The second-order valence-corrected chi connectivity index (χ2v) is 4.97.